The fraction of sp³-hybridized carbons (Fsp3) is 0.500. The molecule has 6 nitrogen and oxygen atoms in total. The highest BCUT2D eigenvalue weighted by molar-refractivity contribution is 5.68. The molecule has 0 unspecified atom stereocenters. The Bertz CT molecular complexity index is 691. The average molecular weight is 328 g/mol. The summed E-state index contributed by atoms with van der Waals surface area (Å²) >= 11 is 0. The second-order valence-corrected chi connectivity index (χ2v) is 7.19. The van der Waals surface area contributed by atoms with Crippen LogP contribution in [0.4, 0.5) is 4.79 Å². The zero-order chi connectivity index (χ0) is 17.2. The maximum atomic E-state index is 12.3. The lowest BCUT2D eigenvalue weighted by Crippen LogP contribution is -2.42. The zero-order valence-electron chi connectivity index (χ0n) is 14.5. The van der Waals surface area contributed by atoms with Gasteiger partial charge in [-0.15, -0.1) is 0 Å². The first-order valence-electron chi connectivity index (χ1n) is 8.37. The molecule has 0 bridgehead atoms. The minimum absolute atomic E-state index is 0.239. The summed E-state index contributed by atoms with van der Waals surface area (Å²) in [5.74, 6) is 0.247. The summed E-state index contributed by atoms with van der Waals surface area (Å²) in [7, 11) is 0. The number of H-pyrrole nitrogens is 1. The number of hydrogen-bond acceptors (Lipinski definition) is 4. The Balaban J connectivity index is 1.69. The molecule has 128 valence electrons. The summed E-state index contributed by atoms with van der Waals surface area (Å²) in [6.07, 6.45) is 3.51. The van der Waals surface area contributed by atoms with Gasteiger partial charge in [-0.2, -0.15) is 5.10 Å². The van der Waals surface area contributed by atoms with Crippen molar-refractivity contribution in [1.29, 1.82) is 0 Å². The number of ether oxygens (including phenoxy) is 1. The van der Waals surface area contributed by atoms with Crippen molar-refractivity contribution in [3.8, 4) is 11.4 Å². The highest BCUT2D eigenvalue weighted by Crippen LogP contribution is 2.28. The summed E-state index contributed by atoms with van der Waals surface area (Å²) in [6, 6.07) is 7.80. The van der Waals surface area contributed by atoms with E-state index in [1.54, 1.807) is 11.1 Å². The van der Waals surface area contributed by atoms with Gasteiger partial charge in [-0.25, -0.2) is 4.79 Å². The lowest BCUT2D eigenvalue weighted by atomic mass is 9.95. The van der Waals surface area contributed by atoms with Crippen LogP contribution >= 0.6 is 0 Å². The van der Waals surface area contributed by atoms with Crippen molar-refractivity contribution < 1.29 is 9.53 Å². The normalized spacial score (nSPS) is 18.5. The number of carbonyl (C=O) groups is 1. The second kappa shape index (κ2) is 6.63. The van der Waals surface area contributed by atoms with E-state index in [-0.39, 0.29) is 12.0 Å². The van der Waals surface area contributed by atoms with Gasteiger partial charge in [0.1, 0.15) is 11.3 Å². The number of aromatic amines is 1. The predicted octanol–water partition coefficient (Wildman–Crippen LogP) is 3.59. The van der Waals surface area contributed by atoms with Crippen molar-refractivity contribution in [3.05, 3.63) is 36.2 Å². The van der Waals surface area contributed by atoms with Crippen molar-refractivity contribution in [2.75, 3.05) is 13.1 Å². The van der Waals surface area contributed by atoms with Gasteiger partial charge in [-0.3, -0.25) is 10.1 Å². The van der Waals surface area contributed by atoms with Gasteiger partial charge < -0.3 is 9.64 Å². The van der Waals surface area contributed by atoms with Gasteiger partial charge >= 0.3 is 6.09 Å². The number of carbonyl (C=O) groups excluding carboxylic acids is 1. The molecule has 0 radical (unpaired) electrons. The van der Waals surface area contributed by atoms with E-state index in [9.17, 15) is 4.79 Å². The van der Waals surface area contributed by atoms with Crippen molar-refractivity contribution >= 4 is 6.09 Å². The molecule has 0 saturated carbocycles. The summed E-state index contributed by atoms with van der Waals surface area (Å²) in [5, 5.41) is 7.48. The molecule has 1 aliphatic heterocycles. The molecular weight excluding hydrogens is 304 g/mol. The minimum Gasteiger partial charge on any atom is -0.444 e. The standard InChI is InChI=1S/C18H24N4O2/c1-18(2,3)24-17(23)22-10-6-7-13(12-22)15-11-16(21-20-15)14-8-4-5-9-19-14/h4-5,8-9,11,13H,6-7,10,12H2,1-3H3,(H,20,21)/t13-/m0/s1. The number of aromatic nitrogens is 3. The first-order chi connectivity index (χ1) is 11.4. The largest absolute Gasteiger partial charge is 0.444 e. The van der Waals surface area contributed by atoms with Crippen LogP contribution in [0.2, 0.25) is 0 Å². The van der Waals surface area contributed by atoms with E-state index in [2.05, 4.69) is 15.2 Å². The van der Waals surface area contributed by atoms with Gasteiger partial charge in [0.25, 0.3) is 0 Å². The van der Waals surface area contributed by atoms with Gasteiger partial charge in [0.2, 0.25) is 0 Å². The second-order valence-electron chi connectivity index (χ2n) is 7.19. The lowest BCUT2D eigenvalue weighted by Gasteiger charge is -2.33. The van der Waals surface area contributed by atoms with Crippen LogP contribution in [0.25, 0.3) is 11.4 Å². The van der Waals surface area contributed by atoms with E-state index in [1.165, 1.54) is 0 Å². The predicted molar refractivity (Wildman–Crippen MR) is 91.6 cm³/mol. The van der Waals surface area contributed by atoms with E-state index >= 15 is 0 Å². The molecule has 1 atom stereocenters. The number of rotatable bonds is 2. The molecule has 24 heavy (non-hydrogen) atoms. The highest BCUT2D eigenvalue weighted by Gasteiger charge is 2.29. The first kappa shape index (κ1) is 16.5. The molecular formula is C18H24N4O2. The lowest BCUT2D eigenvalue weighted by molar-refractivity contribution is 0.0197. The van der Waals surface area contributed by atoms with Gasteiger partial charge in [0.05, 0.1) is 5.69 Å². The Hall–Kier alpha value is -2.37. The smallest absolute Gasteiger partial charge is 0.410 e. The SMILES string of the molecule is CC(C)(C)OC(=O)N1CCC[C@H](c2cc(-c3ccccn3)n[nH]2)C1. The van der Waals surface area contributed by atoms with Crippen molar-refractivity contribution in [2.45, 2.75) is 45.1 Å². The number of nitrogens with one attached hydrogen (secondary N) is 1. The van der Waals surface area contributed by atoms with Crippen molar-refractivity contribution in [2.24, 2.45) is 0 Å². The van der Waals surface area contributed by atoms with Crippen LogP contribution in [0, 0.1) is 0 Å². The van der Waals surface area contributed by atoms with Crippen LogP contribution in [0.3, 0.4) is 0 Å². The first-order valence-corrected chi connectivity index (χ1v) is 8.37. The third-order valence-electron chi connectivity index (χ3n) is 4.04. The molecule has 6 heteroatoms. The number of amides is 1. The molecule has 1 saturated heterocycles. The van der Waals surface area contributed by atoms with Crippen LogP contribution in [0.1, 0.15) is 45.2 Å². The minimum atomic E-state index is -0.468. The fourth-order valence-corrected chi connectivity index (χ4v) is 2.91. The van der Waals surface area contributed by atoms with E-state index in [0.717, 1.165) is 36.5 Å². The number of hydrogen-bond donors (Lipinski definition) is 1. The van der Waals surface area contributed by atoms with Crippen molar-refractivity contribution in [3.63, 3.8) is 0 Å². The van der Waals surface area contributed by atoms with E-state index in [1.807, 2.05) is 45.0 Å². The Labute approximate surface area is 142 Å². The Kier molecular flexibility index (Phi) is 4.55. The summed E-state index contributed by atoms with van der Waals surface area (Å²) in [5.41, 5.74) is 2.26. The van der Waals surface area contributed by atoms with Crippen LogP contribution < -0.4 is 0 Å². The topological polar surface area (TPSA) is 71.1 Å². The maximum absolute atomic E-state index is 12.3. The summed E-state index contributed by atoms with van der Waals surface area (Å²) in [4.78, 5) is 18.4. The molecule has 2 aromatic heterocycles. The molecule has 2 aromatic rings. The molecule has 1 aliphatic rings. The van der Waals surface area contributed by atoms with Gasteiger partial charge in [-0.05, 0) is 51.8 Å². The Morgan fingerprint density at radius 3 is 2.88 bits per heavy atom. The van der Waals surface area contributed by atoms with E-state index < -0.39 is 5.60 Å². The fourth-order valence-electron chi connectivity index (χ4n) is 2.91. The molecule has 1 N–H and O–H groups in total. The Morgan fingerprint density at radius 1 is 1.33 bits per heavy atom. The van der Waals surface area contributed by atoms with Crippen molar-refractivity contribution in [1.82, 2.24) is 20.1 Å². The molecule has 0 aromatic carbocycles. The maximum Gasteiger partial charge on any atom is 0.410 e. The quantitative estimate of drug-likeness (QED) is 0.914. The Morgan fingerprint density at radius 2 is 2.17 bits per heavy atom. The third-order valence-corrected chi connectivity index (χ3v) is 4.04. The van der Waals surface area contributed by atoms with Crippen LogP contribution in [-0.4, -0.2) is 44.9 Å². The van der Waals surface area contributed by atoms with Crippen LogP contribution in [0.5, 0.6) is 0 Å². The zero-order valence-corrected chi connectivity index (χ0v) is 14.5. The third kappa shape index (κ3) is 3.93. The van der Waals surface area contributed by atoms with E-state index in [4.69, 9.17) is 4.74 Å². The molecule has 0 aliphatic carbocycles. The molecule has 1 fully saturated rings. The number of pyridine rings is 1. The van der Waals surface area contributed by atoms with E-state index in [0.29, 0.717) is 6.54 Å². The summed E-state index contributed by atoms with van der Waals surface area (Å²) < 4.78 is 5.49. The molecule has 3 rings (SSSR count). The van der Waals surface area contributed by atoms with Crippen LogP contribution in [-0.2, 0) is 4.74 Å². The van der Waals surface area contributed by atoms with Gasteiger partial charge in [0, 0.05) is 30.9 Å². The van der Waals surface area contributed by atoms with Crippen LogP contribution in [0.15, 0.2) is 30.5 Å². The number of nitrogens with zero attached hydrogens (tertiary/aromatic N) is 3. The average Bonchev–Trinajstić information content (AvgIpc) is 3.04. The van der Waals surface area contributed by atoms with Gasteiger partial charge in [-0.1, -0.05) is 6.07 Å². The number of likely N-dealkylation sites (tertiary alicyclic amines) is 1. The summed E-state index contributed by atoms with van der Waals surface area (Å²) in [6.45, 7) is 7.06. The number of piperidine rings is 1. The molecule has 1 amide bonds. The monoisotopic (exact) mass is 328 g/mol. The highest BCUT2D eigenvalue weighted by atomic mass is 16.6. The molecule has 0 spiro atoms. The van der Waals surface area contributed by atoms with Gasteiger partial charge in [0.15, 0.2) is 0 Å². The molecule has 3 heterocycles.